The number of rotatable bonds is 4. The van der Waals surface area contributed by atoms with Crippen molar-refractivity contribution in [2.45, 2.75) is 13.5 Å². The number of carbonyl (C=O) groups is 1. The Balaban J connectivity index is 1.94. The van der Waals surface area contributed by atoms with E-state index in [2.05, 4.69) is 4.98 Å². The van der Waals surface area contributed by atoms with Gasteiger partial charge >= 0.3 is 6.09 Å². The molecule has 0 aliphatic carbocycles. The summed E-state index contributed by atoms with van der Waals surface area (Å²) in [6.07, 6.45) is 1.34. The van der Waals surface area contributed by atoms with Crippen LogP contribution in [-0.4, -0.2) is 36.2 Å². The van der Waals surface area contributed by atoms with Crippen molar-refractivity contribution in [3.05, 3.63) is 47.4 Å². The smallest absolute Gasteiger partial charge is 0.410 e. The molecule has 5 nitrogen and oxygen atoms in total. The molecule has 1 aliphatic rings. The molecular formula is C17H17FN2O3. The topological polar surface area (TPSA) is 51.7 Å². The second-order valence-corrected chi connectivity index (χ2v) is 5.39. The van der Waals surface area contributed by atoms with E-state index in [0.717, 1.165) is 16.7 Å². The Morgan fingerprint density at radius 1 is 1.35 bits per heavy atom. The van der Waals surface area contributed by atoms with Crippen LogP contribution >= 0.6 is 0 Å². The number of pyridine rings is 1. The summed E-state index contributed by atoms with van der Waals surface area (Å²) in [4.78, 5) is 17.5. The number of carbonyl (C=O) groups excluding carboxylic acids is 1. The predicted octanol–water partition coefficient (Wildman–Crippen LogP) is 3.16. The molecule has 1 saturated heterocycles. The first kappa shape index (κ1) is 15.3. The molecule has 1 aromatic heterocycles. The number of cyclic esters (lactones) is 1. The Labute approximate surface area is 133 Å². The Morgan fingerprint density at radius 2 is 2.17 bits per heavy atom. The van der Waals surface area contributed by atoms with Crippen molar-refractivity contribution in [3.8, 4) is 17.0 Å². The highest BCUT2D eigenvalue weighted by atomic mass is 19.1. The summed E-state index contributed by atoms with van der Waals surface area (Å²) in [6, 6.07) is 6.82. The van der Waals surface area contributed by atoms with Gasteiger partial charge in [-0.25, -0.2) is 14.2 Å². The standard InChI is InChI=1S/C17H17FN2O3/c1-11-7-12(3-4-15(11)18)13-8-14(16(22-2)19-9-13)10-20-5-6-23-17(20)21/h3-4,7-9H,5-6,10H2,1-2H3. The number of nitrogens with zero attached hydrogens (tertiary/aromatic N) is 2. The van der Waals surface area contributed by atoms with Gasteiger partial charge in [0.25, 0.3) is 0 Å². The largest absolute Gasteiger partial charge is 0.481 e. The molecule has 23 heavy (non-hydrogen) atoms. The summed E-state index contributed by atoms with van der Waals surface area (Å²) in [5, 5.41) is 0. The van der Waals surface area contributed by atoms with Crippen molar-refractivity contribution < 1.29 is 18.7 Å². The molecule has 0 bridgehead atoms. The lowest BCUT2D eigenvalue weighted by atomic mass is 10.0. The lowest BCUT2D eigenvalue weighted by Crippen LogP contribution is -2.24. The van der Waals surface area contributed by atoms with E-state index in [9.17, 15) is 9.18 Å². The number of aryl methyl sites for hydroxylation is 1. The summed E-state index contributed by atoms with van der Waals surface area (Å²) in [6.45, 7) is 3.02. The van der Waals surface area contributed by atoms with Crippen LogP contribution in [0.4, 0.5) is 9.18 Å². The molecule has 2 aromatic rings. The second-order valence-electron chi connectivity index (χ2n) is 5.39. The van der Waals surface area contributed by atoms with Crippen LogP contribution in [-0.2, 0) is 11.3 Å². The highest BCUT2D eigenvalue weighted by Crippen LogP contribution is 2.27. The summed E-state index contributed by atoms with van der Waals surface area (Å²) < 4.78 is 23.6. The summed E-state index contributed by atoms with van der Waals surface area (Å²) >= 11 is 0. The number of hydrogen-bond donors (Lipinski definition) is 0. The Hall–Kier alpha value is -2.63. The second kappa shape index (κ2) is 6.24. The lowest BCUT2D eigenvalue weighted by Gasteiger charge is -2.15. The third kappa shape index (κ3) is 3.11. The highest BCUT2D eigenvalue weighted by Gasteiger charge is 2.23. The van der Waals surface area contributed by atoms with E-state index in [-0.39, 0.29) is 11.9 Å². The molecule has 0 saturated carbocycles. The zero-order chi connectivity index (χ0) is 16.4. The molecule has 1 aromatic carbocycles. The zero-order valence-corrected chi connectivity index (χ0v) is 13.0. The molecule has 0 unspecified atom stereocenters. The van der Waals surface area contributed by atoms with E-state index in [1.807, 2.05) is 6.07 Å². The maximum atomic E-state index is 13.4. The van der Waals surface area contributed by atoms with Crippen molar-refractivity contribution in [1.29, 1.82) is 0 Å². The molecule has 0 atom stereocenters. The predicted molar refractivity (Wildman–Crippen MR) is 82.7 cm³/mol. The minimum atomic E-state index is -0.338. The quantitative estimate of drug-likeness (QED) is 0.869. The first-order valence-corrected chi connectivity index (χ1v) is 7.29. The van der Waals surface area contributed by atoms with Crippen LogP contribution in [0.5, 0.6) is 5.88 Å². The molecule has 1 amide bonds. The van der Waals surface area contributed by atoms with E-state index in [1.54, 1.807) is 30.2 Å². The molecule has 120 valence electrons. The van der Waals surface area contributed by atoms with Crippen LogP contribution in [0.25, 0.3) is 11.1 Å². The highest BCUT2D eigenvalue weighted by molar-refractivity contribution is 5.70. The van der Waals surface area contributed by atoms with Crippen molar-refractivity contribution in [2.24, 2.45) is 0 Å². The average Bonchev–Trinajstić information content (AvgIpc) is 2.95. The SMILES string of the molecule is COc1ncc(-c2ccc(F)c(C)c2)cc1CN1CCOC1=O. The van der Waals surface area contributed by atoms with Gasteiger partial charge in [0.05, 0.1) is 20.2 Å². The van der Waals surface area contributed by atoms with Gasteiger partial charge in [0, 0.05) is 17.3 Å². The number of benzene rings is 1. The molecule has 3 rings (SSSR count). The van der Waals surface area contributed by atoms with Crippen molar-refractivity contribution in [3.63, 3.8) is 0 Å². The minimum Gasteiger partial charge on any atom is -0.481 e. The number of halogens is 1. The van der Waals surface area contributed by atoms with Gasteiger partial charge in [0.2, 0.25) is 5.88 Å². The van der Waals surface area contributed by atoms with E-state index in [0.29, 0.717) is 31.1 Å². The fraction of sp³-hybridized carbons (Fsp3) is 0.294. The van der Waals surface area contributed by atoms with Gasteiger partial charge in [-0.2, -0.15) is 0 Å². The normalized spacial score (nSPS) is 14.0. The summed E-state index contributed by atoms with van der Waals surface area (Å²) in [7, 11) is 1.54. The average molecular weight is 316 g/mol. The van der Waals surface area contributed by atoms with Crippen molar-refractivity contribution in [1.82, 2.24) is 9.88 Å². The molecule has 2 heterocycles. The van der Waals surface area contributed by atoms with Crippen LogP contribution in [0.2, 0.25) is 0 Å². The first-order chi connectivity index (χ1) is 11.1. The number of hydrogen-bond acceptors (Lipinski definition) is 4. The van der Waals surface area contributed by atoms with E-state index in [1.165, 1.54) is 13.2 Å². The van der Waals surface area contributed by atoms with Crippen LogP contribution in [0, 0.1) is 12.7 Å². The first-order valence-electron chi connectivity index (χ1n) is 7.29. The lowest BCUT2D eigenvalue weighted by molar-refractivity contribution is 0.157. The van der Waals surface area contributed by atoms with Crippen LogP contribution in [0.1, 0.15) is 11.1 Å². The molecule has 1 aliphatic heterocycles. The fourth-order valence-electron chi connectivity index (χ4n) is 2.55. The Bertz CT molecular complexity index is 749. The van der Waals surface area contributed by atoms with Gasteiger partial charge < -0.3 is 14.4 Å². The van der Waals surface area contributed by atoms with Crippen LogP contribution in [0.15, 0.2) is 30.5 Å². The van der Waals surface area contributed by atoms with Gasteiger partial charge in [0.1, 0.15) is 12.4 Å². The minimum absolute atomic E-state index is 0.241. The maximum Gasteiger partial charge on any atom is 0.410 e. The molecule has 1 fully saturated rings. The van der Waals surface area contributed by atoms with E-state index < -0.39 is 0 Å². The number of amides is 1. The van der Waals surface area contributed by atoms with Gasteiger partial charge in [-0.05, 0) is 36.2 Å². The molecule has 0 N–H and O–H groups in total. The number of aromatic nitrogens is 1. The molecule has 0 radical (unpaired) electrons. The Kier molecular flexibility index (Phi) is 4.14. The monoisotopic (exact) mass is 316 g/mol. The van der Waals surface area contributed by atoms with Gasteiger partial charge in [-0.15, -0.1) is 0 Å². The van der Waals surface area contributed by atoms with Gasteiger partial charge in [-0.1, -0.05) is 6.07 Å². The zero-order valence-electron chi connectivity index (χ0n) is 13.0. The molecular weight excluding hydrogens is 299 g/mol. The van der Waals surface area contributed by atoms with Crippen LogP contribution < -0.4 is 4.74 Å². The fourth-order valence-corrected chi connectivity index (χ4v) is 2.55. The third-order valence-electron chi connectivity index (χ3n) is 3.82. The number of methoxy groups -OCH3 is 1. The van der Waals surface area contributed by atoms with Crippen molar-refractivity contribution in [2.75, 3.05) is 20.3 Å². The summed E-state index contributed by atoms with van der Waals surface area (Å²) in [5.41, 5.74) is 3.06. The van der Waals surface area contributed by atoms with Gasteiger partial charge in [-0.3, -0.25) is 0 Å². The van der Waals surface area contributed by atoms with Crippen LogP contribution in [0.3, 0.4) is 0 Å². The Morgan fingerprint density at radius 3 is 2.83 bits per heavy atom. The van der Waals surface area contributed by atoms with Gasteiger partial charge in [0.15, 0.2) is 0 Å². The van der Waals surface area contributed by atoms with E-state index >= 15 is 0 Å². The van der Waals surface area contributed by atoms with E-state index in [4.69, 9.17) is 9.47 Å². The maximum absolute atomic E-state index is 13.4. The third-order valence-corrected chi connectivity index (χ3v) is 3.82. The molecule has 6 heteroatoms. The van der Waals surface area contributed by atoms with Crippen molar-refractivity contribution >= 4 is 6.09 Å². The number of ether oxygens (including phenoxy) is 2. The summed E-state index contributed by atoms with van der Waals surface area (Å²) in [5.74, 6) is 0.225. The molecule has 0 spiro atoms.